The van der Waals surface area contributed by atoms with Gasteiger partial charge < -0.3 is 24.6 Å². The standard InChI is InChI=1S/C31H37N5O2/c1-33-26-13-4-3-11-24(26)31(38)35-18-15-23-22-10-2-5-14-27(22)36(29(23)30(33)35)20-28(37)32-19-21-9-8-17-34-16-7-6-12-25(21)34/h2-5,10-11,13-14,21,25,30H,6-9,12,15-20H2,1H3,(H,32,37)/t21-,25+,30?/m1/s1. The highest BCUT2D eigenvalue weighted by Gasteiger charge is 2.43. The molecule has 3 aromatic rings. The Morgan fingerprint density at radius 3 is 2.71 bits per heavy atom. The van der Waals surface area contributed by atoms with E-state index in [1.165, 1.54) is 56.1 Å². The van der Waals surface area contributed by atoms with Gasteiger partial charge in [-0.2, -0.15) is 0 Å². The maximum atomic E-state index is 13.6. The number of fused-ring (bicyclic) bond motifs is 7. The number of rotatable bonds is 4. The minimum Gasteiger partial charge on any atom is -0.354 e. The zero-order valence-corrected chi connectivity index (χ0v) is 22.2. The summed E-state index contributed by atoms with van der Waals surface area (Å²) >= 11 is 0. The second-order valence-electron chi connectivity index (χ2n) is 11.5. The molecule has 0 spiro atoms. The van der Waals surface area contributed by atoms with E-state index in [0.29, 0.717) is 18.5 Å². The predicted molar refractivity (Wildman–Crippen MR) is 149 cm³/mol. The summed E-state index contributed by atoms with van der Waals surface area (Å²) < 4.78 is 2.18. The first-order chi connectivity index (χ1) is 18.6. The van der Waals surface area contributed by atoms with Crippen molar-refractivity contribution in [2.45, 2.75) is 57.3 Å². The second kappa shape index (κ2) is 9.45. The molecular formula is C31H37N5O2. The number of benzene rings is 2. The van der Waals surface area contributed by atoms with E-state index in [4.69, 9.17) is 0 Å². The molecule has 0 radical (unpaired) electrons. The van der Waals surface area contributed by atoms with Gasteiger partial charge in [-0.3, -0.25) is 9.59 Å². The van der Waals surface area contributed by atoms with Crippen molar-refractivity contribution in [2.75, 3.05) is 38.1 Å². The van der Waals surface area contributed by atoms with Gasteiger partial charge in [0.1, 0.15) is 12.7 Å². The number of aromatic nitrogens is 1. The maximum absolute atomic E-state index is 13.6. The topological polar surface area (TPSA) is 60.8 Å². The number of amides is 2. The maximum Gasteiger partial charge on any atom is 0.257 e. The fourth-order valence-electron chi connectivity index (χ4n) is 7.74. The molecule has 3 atom stereocenters. The van der Waals surface area contributed by atoms with Crippen LogP contribution in [0.15, 0.2) is 48.5 Å². The Labute approximate surface area is 224 Å². The third-order valence-corrected chi connectivity index (χ3v) is 9.50. The molecule has 198 valence electrons. The van der Waals surface area contributed by atoms with Crippen LogP contribution in [0.2, 0.25) is 0 Å². The summed E-state index contributed by atoms with van der Waals surface area (Å²) in [5, 5.41) is 4.52. The van der Waals surface area contributed by atoms with E-state index in [1.54, 1.807) is 0 Å². The van der Waals surface area contributed by atoms with Gasteiger partial charge in [-0.25, -0.2) is 0 Å². The molecule has 2 saturated heterocycles. The number of piperidine rings is 2. The van der Waals surface area contributed by atoms with Crippen molar-refractivity contribution in [2.24, 2.45) is 5.92 Å². The molecule has 1 N–H and O–H groups in total. The summed E-state index contributed by atoms with van der Waals surface area (Å²) in [6.45, 7) is 4.12. The number of carbonyl (C=O) groups excluding carboxylic acids is 2. The summed E-state index contributed by atoms with van der Waals surface area (Å²) in [6.07, 6.45) is 6.87. The number of hydrogen-bond donors (Lipinski definition) is 1. The lowest BCUT2D eigenvalue weighted by molar-refractivity contribution is -0.122. The van der Waals surface area contributed by atoms with Crippen LogP contribution in [0.1, 0.15) is 59.9 Å². The molecule has 4 aliphatic heterocycles. The average Bonchev–Trinajstić information content (AvgIpc) is 3.28. The van der Waals surface area contributed by atoms with E-state index in [9.17, 15) is 9.59 Å². The Bertz CT molecular complexity index is 1390. The molecule has 38 heavy (non-hydrogen) atoms. The molecule has 0 aliphatic carbocycles. The van der Waals surface area contributed by atoms with E-state index < -0.39 is 0 Å². The van der Waals surface area contributed by atoms with Crippen LogP contribution in [0.3, 0.4) is 0 Å². The van der Waals surface area contributed by atoms with Crippen LogP contribution in [0.5, 0.6) is 0 Å². The third-order valence-electron chi connectivity index (χ3n) is 9.50. The van der Waals surface area contributed by atoms with E-state index >= 15 is 0 Å². The van der Waals surface area contributed by atoms with Crippen molar-refractivity contribution < 1.29 is 9.59 Å². The Hall–Kier alpha value is -3.32. The van der Waals surface area contributed by atoms with E-state index in [1.807, 2.05) is 35.2 Å². The van der Waals surface area contributed by atoms with Crippen molar-refractivity contribution in [1.82, 2.24) is 19.7 Å². The third kappa shape index (κ3) is 3.74. The van der Waals surface area contributed by atoms with Crippen LogP contribution in [0.4, 0.5) is 5.69 Å². The zero-order valence-electron chi connectivity index (χ0n) is 22.2. The average molecular weight is 512 g/mol. The SMILES string of the molecule is CN1c2ccccc2C(=O)N2CCc3c(n(CC(=O)NC[C@H]4CCCN5CCCC[C@@H]45)c4ccccc34)C21. The normalized spacial score (nSPS) is 25.0. The summed E-state index contributed by atoms with van der Waals surface area (Å²) in [4.78, 5) is 33.9. The molecule has 2 aromatic carbocycles. The lowest BCUT2D eigenvalue weighted by atomic mass is 9.83. The lowest BCUT2D eigenvalue weighted by Crippen LogP contribution is -2.52. The minimum atomic E-state index is -0.226. The molecule has 0 saturated carbocycles. The van der Waals surface area contributed by atoms with Gasteiger partial charge in [0.25, 0.3) is 5.91 Å². The van der Waals surface area contributed by atoms with Crippen molar-refractivity contribution in [3.63, 3.8) is 0 Å². The molecule has 7 rings (SSSR count). The predicted octanol–water partition coefficient (Wildman–Crippen LogP) is 4.17. The zero-order chi connectivity index (χ0) is 25.8. The molecule has 2 amide bonds. The van der Waals surface area contributed by atoms with Gasteiger partial charge in [0.15, 0.2) is 0 Å². The van der Waals surface area contributed by atoms with E-state index in [0.717, 1.165) is 35.4 Å². The molecule has 0 bridgehead atoms. The first kappa shape index (κ1) is 23.8. The number of nitrogens with zero attached hydrogens (tertiary/aromatic N) is 4. The lowest BCUT2D eigenvalue weighted by Gasteiger charge is -2.46. The Morgan fingerprint density at radius 2 is 1.79 bits per heavy atom. The molecular weight excluding hydrogens is 474 g/mol. The number of hydrogen-bond acceptors (Lipinski definition) is 4. The smallest absolute Gasteiger partial charge is 0.257 e. The highest BCUT2D eigenvalue weighted by molar-refractivity contribution is 6.02. The highest BCUT2D eigenvalue weighted by Crippen LogP contribution is 2.44. The van der Waals surface area contributed by atoms with Crippen molar-refractivity contribution in [3.8, 4) is 0 Å². The van der Waals surface area contributed by atoms with Gasteiger partial charge in [0.05, 0.1) is 16.9 Å². The van der Waals surface area contributed by atoms with Gasteiger partial charge in [-0.1, -0.05) is 36.8 Å². The quantitative estimate of drug-likeness (QED) is 0.571. The van der Waals surface area contributed by atoms with Crippen LogP contribution < -0.4 is 10.2 Å². The Morgan fingerprint density at radius 1 is 0.974 bits per heavy atom. The molecule has 2 fully saturated rings. The molecule has 5 heterocycles. The summed E-state index contributed by atoms with van der Waals surface area (Å²) in [5.74, 6) is 0.672. The Balaban J connectivity index is 1.20. The van der Waals surface area contributed by atoms with Gasteiger partial charge in [-0.05, 0) is 74.9 Å². The molecule has 7 nitrogen and oxygen atoms in total. The molecule has 4 aliphatic rings. The molecule has 1 unspecified atom stereocenters. The summed E-state index contributed by atoms with van der Waals surface area (Å²) in [6, 6.07) is 16.9. The van der Waals surface area contributed by atoms with Crippen LogP contribution in [-0.2, 0) is 17.8 Å². The Kier molecular flexibility index (Phi) is 5.91. The number of anilines is 1. The van der Waals surface area contributed by atoms with Gasteiger partial charge in [-0.15, -0.1) is 0 Å². The molecule has 1 aromatic heterocycles. The summed E-state index contributed by atoms with van der Waals surface area (Å²) in [5.41, 5.74) is 5.11. The van der Waals surface area contributed by atoms with Gasteiger partial charge in [0.2, 0.25) is 5.91 Å². The van der Waals surface area contributed by atoms with Crippen molar-refractivity contribution in [3.05, 3.63) is 65.4 Å². The first-order valence-corrected chi connectivity index (χ1v) is 14.4. The van der Waals surface area contributed by atoms with Crippen molar-refractivity contribution >= 4 is 28.4 Å². The van der Waals surface area contributed by atoms with Crippen LogP contribution in [0, 0.1) is 5.92 Å². The number of carbonyl (C=O) groups is 2. The van der Waals surface area contributed by atoms with Crippen molar-refractivity contribution in [1.29, 1.82) is 0 Å². The fraction of sp³-hybridized carbons (Fsp3) is 0.484. The number of nitrogens with one attached hydrogen (secondary N) is 1. The second-order valence-corrected chi connectivity index (χ2v) is 11.5. The highest BCUT2D eigenvalue weighted by atomic mass is 16.2. The minimum absolute atomic E-state index is 0.0591. The van der Waals surface area contributed by atoms with E-state index in [2.05, 4.69) is 44.9 Å². The monoisotopic (exact) mass is 511 g/mol. The number of para-hydroxylation sites is 2. The largest absolute Gasteiger partial charge is 0.354 e. The fourth-order valence-corrected chi connectivity index (χ4v) is 7.74. The van der Waals surface area contributed by atoms with E-state index in [-0.39, 0.29) is 24.5 Å². The van der Waals surface area contributed by atoms with Crippen LogP contribution in [0.25, 0.3) is 10.9 Å². The van der Waals surface area contributed by atoms with Gasteiger partial charge >= 0.3 is 0 Å². The van der Waals surface area contributed by atoms with Crippen LogP contribution >= 0.6 is 0 Å². The first-order valence-electron chi connectivity index (χ1n) is 14.4. The summed E-state index contributed by atoms with van der Waals surface area (Å²) in [7, 11) is 2.07. The van der Waals surface area contributed by atoms with Crippen LogP contribution in [-0.4, -0.2) is 65.4 Å². The molecule has 7 heteroatoms. The van der Waals surface area contributed by atoms with Gasteiger partial charge in [0, 0.05) is 37.1 Å².